The number of aldehydes is 1. The van der Waals surface area contributed by atoms with Gasteiger partial charge in [-0.25, -0.2) is 4.79 Å². The predicted octanol–water partition coefficient (Wildman–Crippen LogP) is 3.87. The van der Waals surface area contributed by atoms with Gasteiger partial charge in [0.1, 0.15) is 12.0 Å². The highest BCUT2D eigenvalue weighted by Gasteiger charge is 2.09. The third-order valence-corrected chi connectivity index (χ3v) is 3.21. The molecule has 0 atom stereocenters. The van der Waals surface area contributed by atoms with E-state index in [-0.39, 0.29) is 0 Å². The monoisotopic (exact) mass is 276 g/mol. The van der Waals surface area contributed by atoms with E-state index in [0.29, 0.717) is 16.9 Å². The van der Waals surface area contributed by atoms with Crippen LogP contribution in [0, 0.1) is 0 Å². The van der Waals surface area contributed by atoms with E-state index in [1.807, 2.05) is 30.3 Å². The Hall–Kier alpha value is -2.94. The van der Waals surface area contributed by atoms with Crippen molar-refractivity contribution in [3.8, 4) is 5.75 Å². The molecule has 102 valence electrons. The highest BCUT2D eigenvalue weighted by molar-refractivity contribution is 5.96. The molecule has 0 amide bonds. The van der Waals surface area contributed by atoms with Crippen molar-refractivity contribution in [2.75, 3.05) is 0 Å². The third-order valence-electron chi connectivity index (χ3n) is 3.21. The summed E-state index contributed by atoms with van der Waals surface area (Å²) in [6.45, 7) is 0. The van der Waals surface area contributed by atoms with Crippen molar-refractivity contribution >= 4 is 23.0 Å². The zero-order valence-corrected chi connectivity index (χ0v) is 11.2. The molecule has 3 aromatic carbocycles. The van der Waals surface area contributed by atoms with Crippen molar-refractivity contribution in [3.63, 3.8) is 0 Å². The lowest BCUT2D eigenvalue weighted by Gasteiger charge is -2.05. The van der Waals surface area contributed by atoms with Crippen LogP contribution >= 0.6 is 0 Å². The van der Waals surface area contributed by atoms with E-state index in [4.69, 9.17) is 4.74 Å². The molecule has 0 bridgehead atoms. The average Bonchev–Trinajstić information content (AvgIpc) is 2.55. The SMILES string of the molecule is O=Cc1ccc(OC(=O)c2ccc3ccccc3c2)cc1. The zero-order chi connectivity index (χ0) is 14.7. The first-order valence-corrected chi connectivity index (χ1v) is 6.52. The molecule has 0 N–H and O–H groups in total. The van der Waals surface area contributed by atoms with Crippen molar-refractivity contribution in [2.45, 2.75) is 0 Å². The summed E-state index contributed by atoms with van der Waals surface area (Å²) in [5, 5.41) is 2.06. The Labute approximate surface area is 121 Å². The molecule has 21 heavy (non-hydrogen) atoms. The van der Waals surface area contributed by atoms with Gasteiger partial charge in [-0.1, -0.05) is 30.3 Å². The van der Waals surface area contributed by atoms with Crippen LogP contribution in [-0.2, 0) is 0 Å². The van der Waals surface area contributed by atoms with Gasteiger partial charge in [0.2, 0.25) is 0 Å². The van der Waals surface area contributed by atoms with Crippen LogP contribution in [-0.4, -0.2) is 12.3 Å². The zero-order valence-electron chi connectivity index (χ0n) is 11.2. The Bertz CT molecular complexity index is 804. The fraction of sp³-hybridized carbons (Fsp3) is 0. The van der Waals surface area contributed by atoms with Gasteiger partial charge in [-0.2, -0.15) is 0 Å². The lowest BCUT2D eigenvalue weighted by molar-refractivity contribution is 0.0735. The number of hydrogen-bond donors (Lipinski definition) is 0. The maximum Gasteiger partial charge on any atom is 0.343 e. The van der Waals surface area contributed by atoms with Gasteiger partial charge in [0, 0.05) is 5.56 Å². The largest absolute Gasteiger partial charge is 0.423 e. The first-order chi connectivity index (χ1) is 10.3. The van der Waals surface area contributed by atoms with E-state index >= 15 is 0 Å². The molecular weight excluding hydrogens is 264 g/mol. The topological polar surface area (TPSA) is 43.4 Å². The Balaban J connectivity index is 1.84. The molecule has 0 spiro atoms. The minimum absolute atomic E-state index is 0.416. The second kappa shape index (κ2) is 5.59. The van der Waals surface area contributed by atoms with Gasteiger partial charge in [-0.3, -0.25) is 4.79 Å². The molecule has 0 fully saturated rings. The number of hydrogen-bond acceptors (Lipinski definition) is 3. The summed E-state index contributed by atoms with van der Waals surface area (Å²) < 4.78 is 5.29. The van der Waals surface area contributed by atoms with Crippen molar-refractivity contribution in [3.05, 3.63) is 77.9 Å². The fourth-order valence-electron chi connectivity index (χ4n) is 2.10. The van der Waals surface area contributed by atoms with Gasteiger partial charge in [0.15, 0.2) is 0 Å². The van der Waals surface area contributed by atoms with Gasteiger partial charge >= 0.3 is 5.97 Å². The standard InChI is InChI=1S/C18H12O3/c19-12-13-5-9-17(10-6-13)21-18(20)16-8-7-14-3-1-2-4-15(14)11-16/h1-12H. The summed E-state index contributed by atoms with van der Waals surface area (Å²) in [7, 11) is 0. The molecular formula is C18H12O3. The number of fused-ring (bicyclic) bond motifs is 1. The molecule has 3 nitrogen and oxygen atoms in total. The van der Waals surface area contributed by atoms with Crippen LogP contribution in [0.25, 0.3) is 10.8 Å². The first-order valence-electron chi connectivity index (χ1n) is 6.52. The Kier molecular flexibility index (Phi) is 3.48. The predicted molar refractivity (Wildman–Crippen MR) is 80.7 cm³/mol. The summed E-state index contributed by atoms with van der Waals surface area (Å²) >= 11 is 0. The average molecular weight is 276 g/mol. The third kappa shape index (κ3) is 2.82. The van der Waals surface area contributed by atoms with E-state index in [1.165, 1.54) is 0 Å². The maximum absolute atomic E-state index is 12.1. The Morgan fingerprint density at radius 1 is 0.857 bits per heavy atom. The highest BCUT2D eigenvalue weighted by atomic mass is 16.5. The van der Waals surface area contributed by atoms with Crippen LogP contribution < -0.4 is 4.74 Å². The second-order valence-corrected chi connectivity index (χ2v) is 4.64. The van der Waals surface area contributed by atoms with E-state index in [9.17, 15) is 9.59 Å². The minimum atomic E-state index is -0.417. The second-order valence-electron chi connectivity index (χ2n) is 4.64. The van der Waals surface area contributed by atoms with E-state index in [2.05, 4.69) is 0 Å². The molecule has 0 heterocycles. The number of rotatable bonds is 3. The molecule has 0 aliphatic rings. The lowest BCUT2D eigenvalue weighted by Crippen LogP contribution is -2.08. The van der Waals surface area contributed by atoms with E-state index in [1.54, 1.807) is 36.4 Å². The molecule has 0 aromatic heterocycles. The fourth-order valence-corrected chi connectivity index (χ4v) is 2.10. The van der Waals surface area contributed by atoms with Crippen LogP contribution in [0.2, 0.25) is 0 Å². The molecule has 0 unspecified atom stereocenters. The summed E-state index contributed by atoms with van der Waals surface area (Å²) in [4.78, 5) is 22.7. The summed E-state index contributed by atoms with van der Waals surface area (Å²) in [5.41, 5.74) is 1.04. The lowest BCUT2D eigenvalue weighted by atomic mass is 10.1. The smallest absolute Gasteiger partial charge is 0.343 e. The van der Waals surface area contributed by atoms with Gasteiger partial charge in [-0.05, 0) is 47.2 Å². The van der Waals surface area contributed by atoms with Crippen molar-refractivity contribution in [1.82, 2.24) is 0 Å². The van der Waals surface area contributed by atoms with Crippen LogP contribution in [0.5, 0.6) is 5.75 Å². The normalized spacial score (nSPS) is 10.3. The number of benzene rings is 3. The van der Waals surface area contributed by atoms with Crippen LogP contribution in [0.1, 0.15) is 20.7 Å². The van der Waals surface area contributed by atoms with Gasteiger partial charge in [0.25, 0.3) is 0 Å². The van der Waals surface area contributed by atoms with Crippen LogP contribution in [0.3, 0.4) is 0 Å². The van der Waals surface area contributed by atoms with Crippen LogP contribution in [0.15, 0.2) is 66.7 Å². The van der Waals surface area contributed by atoms with Gasteiger partial charge in [-0.15, -0.1) is 0 Å². The summed E-state index contributed by atoms with van der Waals surface area (Å²) in [5.74, 6) is -0.00151. The number of carbonyl (C=O) groups excluding carboxylic acids is 2. The van der Waals surface area contributed by atoms with Crippen molar-refractivity contribution in [1.29, 1.82) is 0 Å². The number of carbonyl (C=O) groups is 2. The van der Waals surface area contributed by atoms with Crippen LogP contribution in [0.4, 0.5) is 0 Å². The molecule has 3 rings (SSSR count). The van der Waals surface area contributed by atoms with Crippen molar-refractivity contribution < 1.29 is 14.3 Å². The highest BCUT2D eigenvalue weighted by Crippen LogP contribution is 2.18. The summed E-state index contributed by atoms with van der Waals surface area (Å²) in [6, 6.07) is 19.7. The Morgan fingerprint density at radius 3 is 2.29 bits per heavy atom. The molecule has 0 saturated heterocycles. The molecule has 0 aliphatic heterocycles. The Morgan fingerprint density at radius 2 is 1.57 bits per heavy atom. The quantitative estimate of drug-likeness (QED) is 0.414. The van der Waals surface area contributed by atoms with Gasteiger partial charge in [0.05, 0.1) is 5.56 Å². The number of esters is 1. The van der Waals surface area contributed by atoms with E-state index in [0.717, 1.165) is 17.1 Å². The molecule has 3 aromatic rings. The molecule has 0 saturated carbocycles. The molecule has 3 heteroatoms. The number of ether oxygens (including phenoxy) is 1. The van der Waals surface area contributed by atoms with Crippen molar-refractivity contribution in [2.24, 2.45) is 0 Å². The minimum Gasteiger partial charge on any atom is -0.423 e. The van der Waals surface area contributed by atoms with Gasteiger partial charge < -0.3 is 4.74 Å². The first kappa shape index (κ1) is 13.1. The van der Waals surface area contributed by atoms with E-state index < -0.39 is 5.97 Å². The summed E-state index contributed by atoms with van der Waals surface area (Å²) in [6.07, 6.45) is 0.745. The molecule has 0 aliphatic carbocycles. The maximum atomic E-state index is 12.1. The molecule has 0 radical (unpaired) electrons.